The summed E-state index contributed by atoms with van der Waals surface area (Å²) in [7, 11) is 0. The van der Waals surface area contributed by atoms with Crippen LogP contribution in [-0.2, 0) is 16.0 Å². The summed E-state index contributed by atoms with van der Waals surface area (Å²) in [5.41, 5.74) is 7.84. The number of amides is 2. The maximum absolute atomic E-state index is 13.5. The second-order valence-corrected chi connectivity index (χ2v) is 10.3. The zero-order valence-corrected chi connectivity index (χ0v) is 21.7. The van der Waals surface area contributed by atoms with Crippen molar-refractivity contribution in [3.8, 4) is 11.1 Å². The molecule has 3 aromatic rings. The van der Waals surface area contributed by atoms with Crippen LogP contribution in [0.1, 0.15) is 48.3 Å². The van der Waals surface area contributed by atoms with Gasteiger partial charge in [-0.3, -0.25) is 9.59 Å². The van der Waals surface area contributed by atoms with Gasteiger partial charge in [-0.2, -0.15) is 0 Å². The molecule has 3 N–H and O–H groups in total. The summed E-state index contributed by atoms with van der Waals surface area (Å²) in [6.45, 7) is 9.72. The minimum absolute atomic E-state index is 0.171. The van der Waals surface area contributed by atoms with Gasteiger partial charge in [0.1, 0.15) is 5.82 Å². The molecule has 0 aliphatic carbocycles. The van der Waals surface area contributed by atoms with Crippen LogP contribution in [0.25, 0.3) is 22.8 Å². The molecule has 0 saturated carbocycles. The highest BCUT2D eigenvalue weighted by Crippen LogP contribution is 2.40. The molecule has 192 valence electrons. The Morgan fingerprint density at radius 2 is 1.78 bits per heavy atom. The maximum Gasteiger partial charge on any atom is 0.256 e. The molecule has 6 nitrogen and oxygen atoms in total. The lowest BCUT2D eigenvalue weighted by Gasteiger charge is -2.36. The molecule has 0 spiro atoms. The van der Waals surface area contributed by atoms with E-state index in [4.69, 9.17) is 0 Å². The Balaban J connectivity index is 1.42. The molecule has 2 aliphatic rings. The third-order valence-electron chi connectivity index (χ3n) is 7.40. The lowest BCUT2D eigenvalue weighted by molar-refractivity contribution is -0.132. The molecule has 2 atom stereocenters. The van der Waals surface area contributed by atoms with E-state index in [1.54, 1.807) is 12.1 Å². The normalized spacial score (nSPS) is 20.3. The molecular formula is C30H33FN4O2. The quantitative estimate of drug-likeness (QED) is 0.428. The number of fused-ring (bicyclic) bond motifs is 1. The Labute approximate surface area is 217 Å². The van der Waals surface area contributed by atoms with Gasteiger partial charge in [0, 0.05) is 54.2 Å². The molecule has 7 heteroatoms. The predicted octanol–water partition coefficient (Wildman–Crippen LogP) is 5.07. The zero-order chi connectivity index (χ0) is 26.3. The summed E-state index contributed by atoms with van der Waals surface area (Å²) < 4.78 is 13.5. The molecule has 1 fully saturated rings. The smallest absolute Gasteiger partial charge is 0.256 e. The number of nitrogens with zero attached hydrogens (tertiary/aromatic N) is 1. The first kappa shape index (κ1) is 25.0. The van der Waals surface area contributed by atoms with Crippen molar-refractivity contribution in [1.29, 1.82) is 0 Å². The van der Waals surface area contributed by atoms with Crippen LogP contribution in [0.5, 0.6) is 0 Å². The van der Waals surface area contributed by atoms with Gasteiger partial charge < -0.3 is 20.5 Å². The summed E-state index contributed by atoms with van der Waals surface area (Å²) in [5, 5.41) is 6.43. The van der Waals surface area contributed by atoms with E-state index >= 15 is 0 Å². The molecule has 0 radical (unpaired) electrons. The van der Waals surface area contributed by atoms with E-state index in [1.165, 1.54) is 12.1 Å². The van der Waals surface area contributed by atoms with Crippen molar-refractivity contribution in [1.82, 2.24) is 15.2 Å². The molecule has 3 heterocycles. The lowest BCUT2D eigenvalue weighted by Crippen LogP contribution is -2.55. The van der Waals surface area contributed by atoms with Crippen LogP contribution in [0.4, 0.5) is 10.1 Å². The molecule has 0 bridgehead atoms. The molecule has 1 saturated heterocycles. The van der Waals surface area contributed by atoms with Gasteiger partial charge in [-0.05, 0) is 80.6 Å². The SMILES string of the molecule is Cc1[nH]c(/C=C2\C(=O)Nc3cccc(-c4ccc(F)cc4)c32)c(C)c1CCC(=O)N1C[C@H](C)N[C@@H](C)C1. The Hall–Kier alpha value is -3.71. The Bertz CT molecular complexity index is 1380. The van der Waals surface area contributed by atoms with E-state index in [0.717, 1.165) is 58.0 Å². The summed E-state index contributed by atoms with van der Waals surface area (Å²) in [5.74, 6) is -0.297. The third-order valence-corrected chi connectivity index (χ3v) is 7.40. The van der Waals surface area contributed by atoms with Crippen molar-refractivity contribution in [2.24, 2.45) is 0 Å². The van der Waals surface area contributed by atoms with Gasteiger partial charge in [0.05, 0.1) is 5.57 Å². The van der Waals surface area contributed by atoms with Gasteiger partial charge in [0.2, 0.25) is 5.91 Å². The number of aryl methyl sites for hydroxylation is 1. The third kappa shape index (κ3) is 4.96. The van der Waals surface area contributed by atoms with Crippen LogP contribution in [0.2, 0.25) is 0 Å². The first-order chi connectivity index (χ1) is 17.7. The standard InChI is InChI=1S/C30H33FN4O2/c1-17-15-35(16-18(2)32-17)28(36)13-12-23-19(3)27(33-20(23)4)14-25-29-24(21-8-10-22(31)11-9-21)6-5-7-26(29)34-30(25)37/h5-11,14,17-18,32-33H,12-13,15-16H2,1-4H3,(H,34,37)/b25-14-/t17-,18-/m0/s1. The fourth-order valence-corrected chi connectivity index (χ4v) is 5.66. The van der Waals surface area contributed by atoms with E-state index in [0.29, 0.717) is 30.5 Å². The van der Waals surface area contributed by atoms with Crippen LogP contribution >= 0.6 is 0 Å². The number of carbonyl (C=O) groups is 2. The largest absolute Gasteiger partial charge is 0.359 e. The van der Waals surface area contributed by atoms with Crippen molar-refractivity contribution in [2.45, 2.75) is 52.6 Å². The lowest BCUT2D eigenvalue weighted by atomic mass is 9.94. The topological polar surface area (TPSA) is 77.2 Å². The number of aromatic nitrogens is 1. The second-order valence-electron chi connectivity index (χ2n) is 10.3. The number of benzene rings is 2. The highest BCUT2D eigenvalue weighted by Gasteiger charge is 2.28. The van der Waals surface area contributed by atoms with Crippen molar-refractivity contribution in [3.63, 3.8) is 0 Å². The van der Waals surface area contributed by atoms with Crippen LogP contribution in [0.3, 0.4) is 0 Å². The van der Waals surface area contributed by atoms with Crippen LogP contribution in [0.15, 0.2) is 42.5 Å². The maximum atomic E-state index is 13.5. The highest BCUT2D eigenvalue weighted by molar-refractivity contribution is 6.36. The molecule has 2 aliphatic heterocycles. The molecule has 2 aromatic carbocycles. The van der Waals surface area contributed by atoms with E-state index in [-0.39, 0.29) is 17.6 Å². The number of halogens is 1. The molecular weight excluding hydrogens is 467 g/mol. The van der Waals surface area contributed by atoms with Gasteiger partial charge in [-0.25, -0.2) is 4.39 Å². The van der Waals surface area contributed by atoms with Crippen molar-refractivity contribution in [3.05, 3.63) is 76.4 Å². The monoisotopic (exact) mass is 500 g/mol. The van der Waals surface area contributed by atoms with Gasteiger partial charge in [-0.1, -0.05) is 24.3 Å². The number of hydrogen-bond acceptors (Lipinski definition) is 3. The van der Waals surface area contributed by atoms with Gasteiger partial charge in [0.15, 0.2) is 0 Å². The Morgan fingerprint density at radius 1 is 1.08 bits per heavy atom. The van der Waals surface area contributed by atoms with Crippen molar-refractivity contribution < 1.29 is 14.0 Å². The number of H-pyrrole nitrogens is 1. The molecule has 0 unspecified atom stereocenters. The zero-order valence-electron chi connectivity index (χ0n) is 21.7. The second kappa shape index (κ2) is 9.98. The van der Waals surface area contributed by atoms with Crippen LogP contribution in [0, 0.1) is 19.7 Å². The predicted molar refractivity (Wildman–Crippen MR) is 146 cm³/mol. The van der Waals surface area contributed by atoms with Gasteiger partial charge in [0.25, 0.3) is 5.91 Å². The van der Waals surface area contributed by atoms with E-state index in [1.807, 2.05) is 43.0 Å². The fourth-order valence-electron chi connectivity index (χ4n) is 5.66. The summed E-state index contributed by atoms with van der Waals surface area (Å²) in [6.07, 6.45) is 2.99. The van der Waals surface area contributed by atoms with Gasteiger partial charge in [-0.15, -0.1) is 0 Å². The average molecular weight is 501 g/mol. The number of piperazine rings is 1. The summed E-state index contributed by atoms with van der Waals surface area (Å²) in [6, 6.07) is 12.6. The summed E-state index contributed by atoms with van der Waals surface area (Å²) in [4.78, 5) is 31.4. The van der Waals surface area contributed by atoms with E-state index in [2.05, 4.69) is 29.5 Å². The van der Waals surface area contributed by atoms with Gasteiger partial charge >= 0.3 is 0 Å². The van der Waals surface area contributed by atoms with Crippen LogP contribution < -0.4 is 10.6 Å². The van der Waals surface area contributed by atoms with E-state index in [9.17, 15) is 14.0 Å². The molecule has 5 rings (SSSR count). The highest BCUT2D eigenvalue weighted by atomic mass is 19.1. The fraction of sp³-hybridized carbons (Fsp3) is 0.333. The number of hydrogen-bond donors (Lipinski definition) is 3. The number of anilines is 1. The minimum atomic E-state index is -0.300. The first-order valence-corrected chi connectivity index (χ1v) is 12.9. The van der Waals surface area contributed by atoms with Crippen molar-refractivity contribution in [2.75, 3.05) is 18.4 Å². The van der Waals surface area contributed by atoms with E-state index < -0.39 is 0 Å². The average Bonchev–Trinajstić information content (AvgIpc) is 3.32. The minimum Gasteiger partial charge on any atom is -0.359 e. The number of aromatic amines is 1. The summed E-state index contributed by atoms with van der Waals surface area (Å²) >= 11 is 0. The molecule has 2 amide bonds. The molecule has 37 heavy (non-hydrogen) atoms. The Kier molecular flexibility index (Phi) is 6.73. The Morgan fingerprint density at radius 3 is 2.49 bits per heavy atom. The van der Waals surface area contributed by atoms with Crippen LogP contribution in [-0.4, -0.2) is 46.9 Å². The number of nitrogens with one attached hydrogen (secondary N) is 3. The number of carbonyl (C=O) groups excluding carboxylic acids is 2. The number of rotatable bonds is 5. The molecule has 1 aromatic heterocycles. The first-order valence-electron chi connectivity index (χ1n) is 12.9. The van der Waals surface area contributed by atoms with Crippen molar-refractivity contribution >= 4 is 29.2 Å².